The number of anilines is 2. The van der Waals surface area contributed by atoms with Crippen LogP contribution in [0, 0.1) is 0 Å². The Morgan fingerprint density at radius 1 is 1.15 bits per heavy atom. The van der Waals surface area contributed by atoms with Crippen LogP contribution in [0.2, 0.25) is 0 Å². The Balaban J connectivity index is 1.56. The molecule has 1 amide bonds. The SMILES string of the molecule is CN(C)CCNc1cncc(C(=O)N2CCN(c3ncccn3)CC2)c1. The fraction of sp³-hybridized carbons (Fsp3) is 0.444. The molecule has 0 aromatic carbocycles. The maximum absolute atomic E-state index is 12.8. The van der Waals surface area contributed by atoms with E-state index in [9.17, 15) is 4.79 Å². The van der Waals surface area contributed by atoms with Gasteiger partial charge < -0.3 is 20.0 Å². The van der Waals surface area contributed by atoms with Gasteiger partial charge in [0.15, 0.2) is 0 Å². The van der Waals surface area contributed by atoms with Crippen LogP contribution in [-0.2, 0) is 0 Å². The molecule has 8 nitrogen and oxygen atoms in total. The molecule has 0 bridgehead atoms. The fourth-order valence-corrected chi connectivity index (χ4v) is 2.82. The first-order valence-corrected chi connectivity index (χ1v) is 8.78. The Morgan fingerprint density at radius 2 is 1.88 bits per heavy atom. The standard InChI is InChI=1S/C18H25N7O/c1-23(2)7-6-20-16-12-15(13-19-14-16)17(26)24-8-10-25(11-9-24)18-21-4-3-5-22-18/h3-5,12-14,20H,6-11H2,1-2H3. The van der Waals surface area contributed by atoms with Crippen molar-refractivity contribution in [2.75, 3.05) is 63.6 Å². The van der Waals surface area contributed by atoms with E-state index >= 15 is 0 Å². The number of piperazine rings is 1. The lowest BCUT2D eigenvalue weighted by atomic mass is 10.2. The number of carbonyl (C=O) groups excluding carboxylic acids is 1. The largest absolute Gasteiger partial charge is 0.382 e. The van der Waals surface area contributed by atoms with Crippen LogP contribution in [0.25, 0.3) is 0 Å². The number of nitrogens with zero attached hydrogens (tertiary/aromatic N) is 6. The highest BCUT2D eigenvalue weighted by atomic mass is 16.2. The summed E-state index contributed by atoms with van der Waals surface area (Å²) < 4.78 is 0. The topological polar surface area (TPSA) is 77.5 Å². The summed E-state index contributed by atoms with van der Waals surface area (Å²) >= 11 is 0. The maximum atomic E-state index is 12.8. The van der Waals surface area contributed by atoms with Crippen molar-refractivity contribution < 1.29 is 4.79 Å². The van der Waals surface area contributed by atoms with Gasteiger partial charge in [0.25, 0.3) is 5.91 Å². The third kappa shape index (κ3) is 4.66. The van der Waals surface area contributed by atoms with Crippen LogP contribution in [0.3, 0.4) is 0 Å². The summed E-state index contributed by atoms with van der Waals surface area (Å²) in [6.45, 7) is 4.47. The molecule has 0 radical (unpaired) electrons. The molecule has 0 saturated carbocycles. The summed E-state index contributed by atoms with van der Waals surface area (Å²) in [6, 6.07) is 3.67. The second kappa shape index (κ2) is 8.57. The van der Waals surface area contributed by atoms with Crippen molar-refractivity contribution in [3.05, 3.63) is 42.5 Å². The quantitative estimate of drug-likeness (QED) is 0.821. The van der Waals surface area contributed by atoms with E-state index in [0.717, 1.165) is 31.9 Å². The number of nitrogens with one attached hydrogen (secondary N) is 1. The zero-order chi connectivity index (χ0) is 18.4. The summed E-state index contributed by atoms with van der Waals surface area (Å²) in [7, 11) is 4.06. The molecule has 1 N–H and O–H groups in total. The van der Waals surface area contributed by atoms with Crippen molar-refractivity contribution >= 4 is 17.5 Å². The van der Waals surface area contributed by atoms with Crippen LogP contribution in [-0.4, -0.2) is 84.0 Å². The lowest BCUT2D eigenvalue weighted by molar-refractivity contribution is 0.0746. The molecule has 138 valence electrons. The average Bonchev–Trinajstić information content (AvgIpc) is 2.68. The van der Waals surface area contributed by atoms with Crippen molar-refractivity contribution in [3.8, 4) is 0 Å². The number of carbonyl (C=O) groups is 1. The molecule has 3 heterocycles. The number of hydrogen-bond acceptors (Lipinski definition) is 7. The normalized spacial score (nSPS) is 14.6. The van der Waals surface area contributed by atoms with Gasteiger partial charge in [0.05, 0.1) is 11.3 Å². The minimum atomic E-state index is 0.0161. The molecule has 0 spiro atoms. The molecule has 26 heavy (non-hydrogen) atoms. The minimum absolute atomic E-state index is 0.0161. The van der Waals surface area contributed by atoms with Crippen LogP contribution in [0.15, 0.2) is 36.9 Å². The van der Waals surface area contributed by atoms with Crippen molar-refractivity contribution in [1.29, 1.82) is 0 Å². The van der Waals surface area contributed by atoms with Gasteiger partial charge in [-0.05, 0) is 26.2 Å². The zero-order valence-corrected chi connectivity index (χ0v) is 15.3. The number of amides is 1. The van der Waals surface area contributed by atoms with Crippen molar-refractivity contribution in [3.63, 3.8) is 0 Å². The van der Waals surface area contributed by atoms with Crippen molar-refractivity contribution in [2.45, 2.75) is 0 Å². The smallest absolute Gasteiger partial charge is 0.255 e. The molecule has 0 atom stereocenters. The predicted octanol–water partition coefficient (Wildman–Crippen LogP) is 0.807. The molecule has 1 aliphatic rings. The number of likely N-dealkylation sites (N-methyl/N-ethyl adjacent to an activating group) is 1. The number of hydrogen-bond donors (Lipinski definition) is 1. The Labute approximate surface area is 153 Å². The molecule has 1 fully saturated rings. The molecule has 8 heteroatoms. The zero-order valence-electron chi connectivity index (χ0n) is 15.3. The lowest BCUT2D eigenvalue weighted by Gasteiger charge is -2.34. The van der Waals surface area contributed by atoms with Crippen LogP contribution in [0.1, 0.15) is 10.4 Å². The number of pyridine rings is 1. The summed E-state index contributed by atoms with van der Waals surface area (Å²) in [5.41, 5.74) is 1.48. The van der Waals surface area contributed by atoms with Crippen LogP contribution < -0.4 is 10.2 Å². The van der Waals surface area contributed by atoms with E-state index in [0.29, 0.717) is 24.6 Å². The van der Waals surface area contributed by atoms with E-state index < -0.39 is 0 Å². The highest BCUT2D eigenvalue weighted by Gasteiger charge is 2.23. The molecular formula is C18H25N7O. The Hall–Kier alpha value is -2.74. The van der Waals surface area contributed by atoms with Gasteiger partial charge in [-0.25, -0.2) is 9.97 Å². The van der Waals surface area contributed by atoms with E-state index in [-0.39, 0.29) is 5.91 Å². The second-order valence-electron chi connectivity index (χ2n) is 6.52. The van der Waals surface area contributed by atoms with E-state index in [1.165, 1.54) is 0 Å². The minimum Gasteiger partial charge on any atom is -0.382 e. The van der Waals surface area contributed by atoms with Crippen LogP contribution in [0.5, 0.6) is 0 Å². The van der Waals surface area contributed by atoms with Gasteiger partial charge in [-0.2, -0.15) is 0 Å². The summed E-state index contributed by atoms with van der Waals surface area (Å²) in [4.78, 5) is 31.6. The van der Waals surface area contributed by atoms with Gasteiger partial charge in [-0.3, -0.25) is 9.78 Å². The van der Waals surface area contributed by atoms with Crippen LogP contribution in [0.4, 0.5) is 11.6 Å². The summed E-state index contributed by atoms with van der Waals surface area (Å²) in [5, 5.41) is 3.30. The Morgan fingerprint density at radius 3 is 2.58 bits per heavy atom. The summed E-state index contributed by atoms with van der Waals surface area (Å²) in [6.07, 6.45) is 6.85. The fourth-order valence-electron chi connectivity index (χ4n) is 2.82. The van der Waals surface area contributed by atoms with E-state index in [1.807, 2.05) is 25.1 Å². The Bertz CT molecular complexity index is 714. The lowest BCUT2D eigenvalue weighted by Crippen LogP contribution is -2.49. The third-order valence-electron chi connectivity index (χ3n) is 4.28. The molecule has 1 saturated heterocycles. The highest BCUT2D eigenvalue weighted by molar-refractivity contribution is 5.94. The first-order chi connectivity index (χ1) is 12.6. The van der Waals surface area contributed by atoms with Gasteiger partial charge in [-0.1, -0.05) is 0 Å². The maximum Gasteiger partial charge on any atom is 0.255 e. The molecule has 0 aliphatic carbocycles. The van der Waals surface area contributed by atoms with Crippen LogP contribution >= 0.6 is 0 Å². The third-order valence-corrected chi connectivity index (χ3v) is 4.28. The second-order valence-corrected chi connectivity index (χ2v) is 6.52. The summed E-state index contributed by atoms with van der Waals surface area (Å²) in [5.74, 6) is 0.732. The van der Waals surface area contributed by atoms with E-state index in [4.69, 9.17) is 0 Å². The molecule has 3 rings (SSSR count). The highest BCUT2D eigenvalue weighted by Crippen LogP contribution is 2.14. The van der Waals surface area contributed by atoms with Gasteiger partial charge in [0, 0.05) is 64.1 Å². The number of rotatable bonds is 6. The first kappa shape index (κ1) is 18.1. The first-order valence-electron chi connectivity index (χ1n) is 8.78. The number of aromatic nitrogens is 3. The molecule has 1 aliphatic heterocycles. The van der Waals surface area contributed by atoms with Gasteiger partial charge in [0.2, 0.25) is 5.95 Å². The van der Waals surface area contributed by atoms with Crippen molar-refractivity contribution in [1.82, 2.24) is 24.8 Å². The average molecular weight is 355 g/mol. The predicted molar refractivity (Wildman–Crippen MR) is 101 cm³/mol. The molecular weight excluding hydrogens is 330 g/mol. The molecule has 0 unspecified atom stereocenters. The van der Waals surface area contributed by atoms with Crippen molar-refractivity contribution in [2.24, 2.45) is 0 Å². The van der Waals surface area contributed by atoms with E-state index in [1.54, 1.807) is 30.9 Å². The van der Waals surface area contributed by atoms with Gasteiger partial charge >= 0.3 is 0 Å². The van der Waals surface area contributed by atoms with Gasteiger partial charge in [0.1, 0.15) is 0 Å². The monoisotopic (exact) mass is 355 g/mol. The Kier molecular flexibility index (Phi) is 5.96. The molecule has 2 aromatic rings. The molecule has 2 aromatic heterocycles. The van der Waals surface area contributed by atoms with E-state index in [2.05, 4.69) is 30.1 Å². The van der Waals surface area contributed by atoms with Gasteiger partial charge in [-0.15, -0.1) is 0 Å².